The molecule has 0 saturated carbocycles. The van der Waals surface area contributed by atoms with Crippen molar-refractivity contribution in [3.63, 3.8) is 0 Å². The van der Waals surface area contributed by atoms with Crippen LogP contribution < -0.4 is 10.1 Å². The summed E-state index contributed by atoms with van der Waals surface area (Å²) in [7, 11) is 1.57. The molecule has 0 heterocycles. The molecule has 0 unspecified atom stereocenters. The molecule has 0 fully saturated rings. The van der Waals surface area contributed by atoms with Crippen LogP contribution >= 0.6 is 12.6 Å². The van der Waals surface area contributed by atoms with E-state index in [2.05, 4.69) is 17.9 Å². The van der Waals surface area contributed by atoms with E-state index in [0.29, 0.717) is 23.8 Å². The van der Waals surface area contributed by atoms with Crippen LogP contribution in [0.25, 0.3) is 0 Å². The van der Waals surface area contributed by atoms with E-state index in [-0.39, 0.29) is 18.2 Å². The van der Waals surface area contributed by atoms with Crippen LogP contribution in [0, 0.1) is 11.8 Å². The minimum Gasteiger partial charge on any atom is -0.497 e. The third-order valence-electron chi connectivity index (χ3n) is 3.56. The topological polar surface area (TPSA) is 75.6 Å². The summed E-state index contributed by atoms with van der Waals surface area (Å²) in [5, 5.41) is 12.0. The molecule has 2 atom stereocenters. The number of nitrogens with one attached hydrogen (secondary N) is 1. The molecule has 0 aromatic heterocycles. The maximum absolute atomic E-state index is 12.3. The van der Waals surface area contributed by atoms with E-state index >= 15 is 0 Å². The van der Waals surface area contributed by atoms with Crippen molar-refractivity contribution < 1.29 is 19.4 Å². The van der Waals surface area contributed by atoms with Crippen molar-refractivity contribution in [1.29, 1.82) is 0 Å². The van der Waals surface area contributed by atoms with Crippen molar-refractivity contribution in [2.75, 3.05) is 12.9 Å². The van der Waals surface area contributed by atoms with Gasteiger partial charge >= 0.3 is 5.97 Å². The molecule has 0 saturated heterocycles. The lowest BCUT2D eigenvalue weighted by molar-refractivity contribution is -0.142. The molecule has 23 heavy (non-hydrogen) atoms. The number of amides is 1. The maximum Gasteiger partial charge on any atom is 0.326 e. The average molecular weight is 339 g/mol. The highest BCUT2D eigenvalue weighted by Crippen LogP contribution is 2.15. The number of benzene rings is 1. The fourth-order valence-electron chi connectivity index (χ4n) is 2.32. The van der Waals surface area contributed by atoms with E-state index in [1.54, 1.807) is 31.4 Å². The first-order valence-corrected chi connectivity index (χ1v) is 8.27. The summed E-state index contributed by atoms with van der Waals surface area (Å²) in [5.74, 6) is -0.124. The van der Waals surface area contributed by atoms with Gasteiger partial charge in [0.1, 0.15) is 11.8 Å². The van der Waals surface area contributed by atoms with E-state index in [1.807, 2.05) is 13.8 Å². The Bertz CT molecular complexity index is 516. The number of carbonyl (C=O) groups excluding carboxylic acids is 1. The van der Waals surface area contributed by atoms with Crippen LogP contribution in [0.2, 0.25) is 0 Å². The highest BCUT2D eigenvalue weighted by atomic mass is 32.1. The Kier molecular flexibility index (Phi) is 7.95. The van der Waals surface area contributed by atoms with E-state index in [4.69, 9.17) is 4.74 Å². The third-order valence-corrected chi connectivity index (χ3v) is 4.00. The van der Waals surface area contributed by atoms with Crippen LogP contribution in [0.4, 0.5) is 0 Å². The smallest absolute Gasteiger partial charge is 0.326 e. The quantitative estimate of drug-likeness (QED) is 0.604. The number of aliphatic carboxylic acids is 1. The van der Waals surface area contributed by atoms with Gasteiger partial charge in [0, 0.05) is 18.1 Å². The second kappa shape index (κ2) is 9.45. The van der Waals surface area contributed by atoms with Gasteiger partial charge in [-0.2, -0.15) is 12.6 Å². The predicted octanol–water partition coefficient (Wildman–Crippen LogP) is 2.40. The minimum absolute atomic E-state index is 0.228. The summed E-state index contributed by atoms with van der Waals surface area (Å²) < 4.78 is 5.07. The Morgan fingerprint density at radius 1 is 1.26 bits per heavy atom. The summed E-state index contributed by atoms with van der Waals surface area (Å²) in [6.45, 7) is 4.05. The molecule has 2 N–H and O–H groups in total. The molecule has 1 aromatic rings. The Hall–Kier alpha value is -1.69. The van der Waals surface area contributed by atoms with Crippen LogP contribution in [-0.2, 0) is 16.0 Å². The van der Waals surface area contributed by atoms with Gasteiger partial charge in [0.05, 0.1) is 7.11 Å². The fourth-order valence-corrected chi connectivity index (χ4v) is 2.64. The number of carboxylic acids is 1. The molecule has 6 heteroatoms. The van der Waals surface area contributed by atoms with Gasteiger partial charge in [-0.05, 0) is 30.0 Å². The molecule has 128 valence electrons. The molecule has 0 spiro atoms. The van der Waals surface area contributed by atoms with Gasteiger partial charge in [-0.25, -0.2) is 4.79 Å². The molecule has 0 aliphatic carbocycles. The summed E-state index contributed by atoms with van der Waals surface area (Å²) in [6, 6.07) is 6.18. The molecule has 0 aliphatic heterocycles. The lowest BCUT2D eigenvalue weighted by Crippen LogP contribution is -2.45. The van der Waals surface area contributed by atoms with Gasteiger partial charge in [-0.3, -0.25) is 4.79 Å². The van der Waals surface area contributed by atoms with Crippen LogP contribution in [0.3, 0.4) is 0 Å². The van der Waals surface area contributed by atoms with E-state index in [1.165, 1.54) is 0 Å². The Morgan fingerprint density at radius 3 is 2.30 bits per heavy atom. The Morgan fingerprint density at radius 2 is 1.87 bits per heavy atom. The van der Waals surface area contributed by atoms with Crippen molar-refractivity contribution in [2.24, 2.45) is 11.8 Å². The number of rotatable bonds is 9. The van der Waals surface area contributed by atoms with Crippen LogP contribution in [0.15, 0.2) is 24.3 Å². The Balaban J connectivity index is 2.73. The first-order chi connectivity index (χ1) is 10.9. The van der Waals surface area contributed by atoms with Crippen molar-refractivity contribution in [3.8, 4) is 5.75 Å². The van der Waals surface area contributed by atoms with E-state index < -0.39 is 12.0 Å². The van der Waals surface area contributed by atoms with E-state index in [9.17, 15) is 14.7 Å². The van der Waals surface area contributed by atoms with Crippen molar-refractivity contribution in [1.82, 2.24) is 5.32 Å². The van der Waals surface area contributed by atoms with Gasteiger partial charge in [0.15, 0.2) is 0 Å². The van der Waals surface area contributed by atoms with Crippen molar-refractivity contribution in [2.45, 2.75) is 32.7 Å². The fraction of sp³-hybridized carbons (Fsp3) is 0.529. The standard InChI is InChI=1S/C17H25NO4S/c1-11(2)8-13(10-23)16(19)18-15(17(20)21)9-12-4-6-14(22-3)7-5-12/h4-7,11,13,15,23H,8-10H2,1-3H3,(H,18,19)(H,20,21)/t13-,15+/m1/s1. The third kappa shape index (κ3) is 6.52. The number of carboxylic acid groups (broad SMARTS) is 1. The SMILES string of the molecule is COc1ccc(C[C@H](NC(=O)[C@@H](CS)CC(C)C)C(=O)O)cc1. The summed E-state index contributed by atoms with van der Waals surface area (Å²) >= 11 is 4.20. The number of thiol groups is 1. The lowest BCUT2D eigenvalue weighted by atomic mass is 9.97. The molecule has 0 bridgehead atoms. The van der Waals surface area contributed by atoms with Crippen LogP contribution in [0.5, 0.6) is 5.75 Å². The highest BCUT2D eigenvalue weighted by molar-refractivity contribution is 7.80. The highest BCUT2D eigenvalue weighted by Gasteiger charge is 2.25. The maximum atomic E-state index is 12.3. The molecule has 5 nitrogen and oxygen atoms in total. The zero-order chi connectivity index (χ0) is 17.4. The Labute approximate surface area is 142 Å². The number of ether oxygens (including phenoxy) is 1. The van der Waals surface area contributed by atoms with E-state index in [0.717, 1.165) is 5.56 Å². The lowest BCUT2D eigenvalue weighted by Gasteiger charge is -2.20. The van der Waals surface area contributed by atoms with Gasteiger partial charge < -0.3 is 15.2 Å². The normalized spacial score (nSPS) is 13.4. The molecular formula is C17H25NO4S. The largest absolute Gasteiger partial charge is 0.497 e. The summed E-state index contributed by atoms with van der Waals surface area (Å²) in [6.07, 6.45) is 0.913. The number of carbonyl (C=O) groups is 2. The van der Waals surface area contributed by atoms with Gasteiger partial charge in [-0.15, -0.1) is 0 Å². The molecular weight excluding hydrogens is 314 g/mol. The molecule has 1 amide bonds. The zero-order valence-electron chi connectivity index (χ0n) is 13.8. The van der Waals surface area contributed by atoms with Crippen LogP contribution in [0.1, 0.15) is 25.8 Å². The second-order valence-electron chi connectivity index (χ2n) is 5.96. The summed E-state index contributed by atoms with van der Waals surface area (Å²) in [4.78, 5) is 23.7. The molecule has 0 radical (unpaired) electrons. The number of hydrogen-bond acceptors (Lipinski definition) is 4. The number of hydrogen-bond donors (Lipinski definition) is 3. The second-order valence-corrected chi connectivity index (χ2v) is 6.33. The molecule has 1 aromatic carbocycles. The first-order valence-electron chi connectivity index (χ1n) is 7.64. The molecule has 0 aliphatic rings. The van der Waals surface area contributed by atoms with Crippen LogP contribution in [-0.4, -0.2) is 35.9 Å². The van der Waals surface area contributed by atoms with Crippen molar-refractivity contribution in [3.05, 3.63) is 29.8 Å². The predicted molar refractivity (Wildman–Crippen MR) is 93.1 cm³/mol. The van der Waals surface area contributed by atoms with Gasteiger partial charge in [-0.1, -0.05) is 26.0 Å². The van der Waals surface area contributed by atoms with Crippen molar-refractivity contribution >= 4 is 24.5 Å². The first kappa shape index (κ1) is 19.4. The monoisotopic (exact) mass is 339 g/mol. The minimum atomic E-state index is -1.04. The number of methoxy groups -OCH3 is 1. The summed E-state index contributed by atoms with van der Waals surface area (Å²) in [5.41, 5.74) is 0.824. The molecule has 1 rings (SSSR count). The average Bonchev–Trinajstić information content (AvgIpc) is 2.52. The zero-order valence-corrected chi connectivity index (χ0v) is 14.7. The van der Waals surface area contributed by atoms with Gasteiger partial charge in [0.2, 0.25) is 5.91 Å². The van der Waals surface area contributed by atoms with Gasteiger partial charge in [0.25, 0.3) is 0 Å².